The van der Waals surface area contributed by atoms with Gasteiger partial charge in [0.25, 0.3) is 0 Å². The van der Waals surface area contributed by atoms with Gasteiger partial charge < -0.3 is 8.98 Å². The first-order valence-electron chi connectivity index (χ1n) is 4.67. The molecule has 0 aromatic carbocycles. The third-order valence-corrected chi connectivity index (χ3v) is 2.22. The van der Waals surface area contributed by atoms with Crippen LogP contribution >= 0.6 is 0 Å². The van der Waals surface area contributed by atoms with E-state index in [1.54, 1.807) is 30.1 Å². The first kappa shape index (κ1) is 9.71. The molecule has 0 spiro atoms. The van der Waals surface area contributed by atoms with Gasteiger partial charge in [0.1, 0.15) is 17.2 Å². The maximum Gasteiger partial charge on any atom is 0.216 e. The Hall–Kier alpha value is -1.84. The number of hydrogen-bond donors (Lipinski definition) is 0. The van der Waals surface area contributed by atoms with Gasteiger partial charge in [0.2, 0.25) is 5.78 Å². The largest absolute Gasteiger partial charge is 0.466 e. The first-order chi connectivity index (χ1) is 7.08. The molecule has 0 saturated carbocycles. The molecule has 0 atom stereocenters. The lowest BCUT2D eigenvalue weighted by molar-refractivity contribution is 0.103. The number of aromatic nitrogens is 2. The Bertz CT molecular complexity index is 508. The third-order valence-electron chi connectivity index (χ3n) is 2.22. The van der Waals surface area contributed by atoms with Crippen LogP contribution in [0, 0.1) is 13.8 Å². The molecular formula is C11H12N2O2. The van der Waals surface area contributed by atoms with E-state index in [1.807, 2.05) is 14.0 Å². The van der Waals surface area contributed by atoms with Crippen LogP contribution in [0.1, 0.15) is 27.6 Å². The molecule has 2 rings (SSSR count). The summed E-state index contributed by atoms with van der Waals surface area (Å²) in [5.74, 6) is 1.29. The normalized spacial score (nSPS) is 10.6. The highest BCUT2D eigenvalue weighted by atomic mass is 16.3. The van der Waals surface area contributed by atoms with Gasteiger partial charge >= 0.3 is 0 Å². The average Bonchev–Trinajstić information content (AvgIpc) is 2.71. The van der Waals surface area contributed by atoms with Crippen LogP contribution in [0.5, 0.6) is 0 Å². The second kappa shape index (κ2) is 3.38. The summed E-state index contributed by atoms with van der Waals surface area (Å²) in [4.78, 5) is 16.0. The van der Waals surface area contributed by atoms with Crippen LogP contribution in [-0.2, 0) is 7.05 Å². The summed E-state index contributed by atoms with van der Waals surface area (Å²) in [5.41, 5.74) is 1.03. The third kappa shape index (κ3) is 1.70. The van der Waals surface area contributed by atoms with Crippen LogP contribution in [0.15, 0.2) is 23.0 Å². The maximum absolute atomic E-state index is 12.0. The monoisotopic (exact) mass is 204 g/mol. The van der Waals surface area contributed by atoms with Crippen LogP contribution in [0.2, 0.25) is 0 Å². The molecule has 0 fully saturated rings. The predicted molar refractivity (Wildman–Crippen MR) is 54.8 cm³/mol. The summed E-state index contributed by atoms with van der Waals surface area (Å²) in [7, 11) is 1.83. The van der Waals surface area contributed by atoms with Crippen molar-refractivity contribution >= 4 is 5.78 Å². The van der Waals surface area contributed by atoms with E-state index in [4.69, 9.17) is 4.42 Å². The van der Waals surface area contributed by atoms with Gasteiger partial charge in [-0.1, -0.05) is 0 Å². The van der Waals surface area contributed by atoms with Gasteiger partial charge in [-0.25, -0.2) is 4.98 Å². The van der Waals surface area contributed by atoms with Crippen molar-refractivity contribution < 1.29 is 9.21 Å². The zero-order valence-electron chi connectivity index (χ0n) is 8.94. The molecule has 15 heavy (non-hydrogen) atoms. The van der Waals surface area contributed by atoms with E-state index in [0.29, 0.717) is 17.0 Å². The molecule has 2 aromatic rings. The molecule has 0 radical (unpaired) electrons. The molecule has 0 N–H and O–H groups in total. The summed E-state index contributed by atoms with van der Waals surface area (Å²) in [6, 6.07) is 1.74. The summed E-state index contributed by atoms with van der Waals surface area (Å²) in [5, 5.41) is 0. The minimum Gasteiger partial charge on any atom is -0.466 e. The van der Waals surface area contributed by atoms with E-state index in [-0.39, 0.29) is 5.78 Å². The Morgan fingerprint density at radius 3 is 2.67 bits per heavy atom. The molecule has 0 bridgehead atoms. The Labute approximate surface area is 87.5 Å². The van der Waals surface area contributed by atoms with Gasteiger partial charge in [0.05, 0.1) is 11.9 Å². The fourth-order valence-corrected chi connectivity index (χ4v) is 1.52. The number of imidazole rings is 1. The van der Waals surface area contributed by atoms with Crippen molar-refractivity contribution in [1.82, 2.24) is 9.55 Å². The van der Waals surface area contributed by atoms with Crippen LogP contribution in [0.25, 0.3) is 0 Å². The Kier molecular flexibility index (Phi) is 2.19. The topological polar surface area (TPSA) is 48.0 Å². The number of rotatable bonds is 2. The van der Waals surface area contributed by atoms with Crippen molar-refractivity contribution in [1.29, 1.82) is 0 Å². The molecule has 0 aliphatic heterocycles. The Balaban J connectivity index is 2.40. The van der Waals surface area contributed by atoms with Crippen LogP contribution in [0.4, 0.5) is 0 Å². The molecule has 0 aliphatic rings. The van der Waals surface area contributed by atoms with E-state index < -0.39 is 0 Å². The van der Waals surface area contributed by atoms with Crippen molar-refractivity contribution in [2.24, 2.45) is 7.05 Å². The molecule has 0 amide bonds. The molecule has 0 unspecified atom stereocenters. The number of nitrogens with zero attached hydrogens (tertiary/aromatic N) is 2. The fraction of sp³-hybridized carbons (Fsp3) is 0.273. The summed E-state index contributed by atoms with van der Waals surface area (Å²) >= 11 is 0. The predicted octanol–water partition coefficient (Wildman–Crippen LogP) is 1.86. The van der Waals surface area contributed by atoms with Crippen molar-refractivity contribution in [2.45, 2.75) is 13.8 Å². The maximum atomic E-state index is 12.0. The van der Waals surface area contributed by atoms with Gasteiger partial charge in [-0.3, -0.25) is 4.79 Å². The highest BCUT2D eigenvalue weighted by molar-refractivity contribution is 6.08. The highest BCUT2D eigenvalue weighted by Crippen LogP contribution is 2.16. The Morgan fingerprint density at radius 2 is 2.20 bits per heavy atom. The molecule has 78 valence electrons. The second-order valence-electron chi connectivity index (χ2n) is 3.58. The molecule has 4 nitrogen and oxygen atoms in total. The van der Waals surface area contributed by atoms with Gasteiger partial charge in [-0.05, 0) is 19.9 Å². The van der Waals surface area contributed by atoms with Gasteiger partial charge in [-0.2, -0.15) is 0 Å². The minimum absolute atomic E-state index is 0.0926. The first-order valence-corrected chi connectivity index (χ1v) is 4.67. The zero-order valence-corrected chi connectivity index (χ0v) is 8.94. The number of carbonyl (C=O) groups is 1. The standard InChI is InChI=1S/C11H12N2O2/c1-7-4-9(8(2)15-7)11(14)10-5-13(3)6-12-10/h4-6H,1-3H3. The molecule has 0 saturated heterocycles. The number of furan rings is 1. The zero-order chi connectivity index (χ0) is 11.0. The van der Waals surface area contributed by atoms with E-state index in [1.165, 1.54) is 0 Å². The highest BCUT2D eigenvalue weighted by Gasteiger charge is 2.17. The fourth-order valence-electron chi connectivity index (χ4n) is 1.52. The number of aryl methyl sites for hydroxylation is 3. The summed E-state index contributed by atoms with van der Waals surface area (Å²) < 4.78 is 7.05. The number of carbonyl (C=O) groups excluding carboxylic acids is 1. The van der Waals surface area contributed by atoms with Crippen LogP contribution in [-0.4, -0.2) is 15.3 Å². The lowest BCUT2D eigenvalue weighted by atomic mass is 10.1. The van der Waals surface area contributed by atoms with Crippen molar-refractivity contribution in [3.63, 3.8) is 0 Å². The molecular weight excluding hydrogens is 192 g/mol. The number of ketones is 1. The van der Waals surface area contributed by atoms with Crippen LogP contribution < -0.4 is 0 Å². The lowest BCUT2D eigenvalue weighted by Gasteiger charge is -1.93. The van der Waals surface area contributed by atoms with Crippen molar-refractivity contribution in [2.75, 3.05) is 0 Å². The second-order valence-corrected chi connectivity index (χ2v) is 3.58. The van der Waals surface area contributed by atoms with Gasteiger partial charge in [-0.15, -0.1) is 0 Å². The SMILES string of the molecule is Cc1cc(C(=O)c2cn(C)cn2)c(C)o1. The van der Waals surface area contributed by atoms with E-state index in [2.05, 4.69) is 4.98 Å². The van der Waals surface area contributed by atoms with Gasteiger partial charge in [0.15, 0.2) is 0 Å². The molecule has 2 heterocycles. The molecule has 0 aliphatic carbocycles. The summed E-state index contributed by atoms with van der Waals surface area (Å²) in [6.07, 6.45) is 3.31. The average molecular weight is 204 g/mol. The Morgan fingerprint density at radius 1 is 1.47 bits per heavy atom. The van der Waals surface area contributed by atoms with E-state index >= 15 is 0 Å². The lowest BCUT2D eigenvalue weighted by Crippen LogP contribution is -2.01. The van der Waals surface area contributed by atoms with E-state index in [0.717, 1.165) is 5.76 Å². The summed E-state index contributed by atoms with van der Waals surface area (Å²) in [6.45, 7) is 3.60. The molecule has 4 heteroatoms. The van der Waals surface area contributed by atoms with Crippen LogP contribution in [0.3, 0.4) is 0 Å². The van der Waals surface area contributed by atoms with Crippen molar-refractivity contribution in [3.8, 4) is 0 Å². The quantitative estimate of drug-likeness (QED) is 0.701. The van der Waals surface area contributed by atoms with E-state index in [9.17, 15) is 4.79 Å². The smallest absolute Gasteiger partial charge is 0.216 e. The van der Waals surface area contributed by atoms with Crippen molar-refractivity contribution in [3.05, 3.63) is 41.4 Å². The molecule has 2 aromatic heterocycles. The van der Waals surface area contributed by atoms with Gasteiger partial charge in [0, 0.05) is 13.2 Å². The minimum atomic E-state index is -0.0926. The number of hydrogen-bond acceptors (Lipinski definition) is 3.